The Balaban J connectivity index is 1.59. The summed E-state index contributed by atoms with van der Waals surface area (Å²) in [5.41, 5.74) is 5.96. The number of hydrogen-bond donors (Lipinski definition) is 1. The number of azo groups is 1. The molecule has 3 aromatic carbocycles. The van der Waals surface area contributed by atoms with Gasteiger partial charge in [0.15, 0.2) is 5.69 Å². The Morgan fingerprint density at radius 3 is 2.39 bits per heavy atom. The fourth-order valence-corrected chi connectivity index (χ4v) is 4.98. The van der Waals surface area contributed by atoms with E-state index in [1.54, 1.807) is 6.07 Å². The van der Waals surface area contributed by atoms with Crippen LogP contribution in [0.4, 0.5) is 5.69 Å². The molecule has 0 aliphatic heterocycles. The summed E-state index contributed by atoms with van der Waals surface area (Å²) in [6.07, 6.45) is 3.09. The van der Waals surface area contributed by atoms with Crippen LogP contribution < -0.4 is 0 Å². The molecular weight excluding hydrogens is 540 g/mol. The van der Waals surface area contributed by atoms with Crippen LogP contribution in [0.3, 0.4) is 0 Å². The van der Waals surface area contributed by atoms with Crippen LogP contribution in [-0.2, 0) is 6.54 Å². The molecule has 7 heteroatoms. The van der Waals surface area contributed by atoms with E-state index >= 15 is 0 Å². The maximum atomic E-state index is 13.5. The second-order valence-electron chi connectivity index (χ2n) is 9.64. The van der Waals surface area contributed by atoms with Crippen LogP contribution in [-0.4, -0.2) is 20.6 Å². The second-order valence-corrected chi connectivity index (χ2v) is 10.6. The van der Waals surface area contributed by atoms with Gasteiger partial charge in [-0.15, -0.1) is 10.2 Å². The predicted molar refractivity (Wildman–Crippen MR) is 156 cm³/mol. The van der Waals surface area contributed by atoms with Crippen LogP contribution in [0.1, 0.15) is 47.7 Å². The molecule has 192 valence electrons. The molecule has 0 saturated carbocycles. The minimum Gasteiger partial charge on any atom is -0.493 e. The first kappa shape index (κ1) is 25.8. The number of nitrogens with zero attached hydrogens (tertiary/aromatic N) is 4. The van der Waals surface area contributed by atoms with Crippen LogP contribution in [0.25, 0.3) is 33.1 Å². The smallest absolute Gasteiger partial charge is 0.296 e. The first-order valence-electron chi connectivity index (χ1n) is 12.8. The summed E-state index contributed by atoms with van der Waals surface area (Å²) in [5, 5.41) is 21.0. The number of carbonyl (C=O) groups excluding carboxylic acids is 1. The lowest BCUT2D eigenvalue weighted by Gasteiger charge is -2.08. The zero-order valence-electron chi connectivity index (χ0n) is 21.7. The normalized spacial score (nSPS) is 11.7. The fourth-order valence-electron chi connectivity index (χ4n) is 4.72. The standard InChI is InChI=1S/C31H29BrN4O2/c1-4-5-6-15-36-28-14-8-20(3)17-25(28)29(31(36)38)34-35-30(37)24-18-27(21-9-11-22(32)12-10-21)33-26-13-7-19(2)16-23(24)26/h7-14,16-18,38H,4-6,15H2,1-3H3. The number of rotatable bonds is 7. The average Bonchev–Trinajstić information content (AvgIpc) is 3.16. The van der Waals surface area contributed by atoms with Crippen LogP contribution >= 0.6 is 15.9 Å². The van der Waals surface area contributed by atoms with E-state index in [1.807, 2.05) is 79.1 Å². The summed E-state index contributed by atoms with van der Waals surface area (Å²) >= 11 is 3.47. The van der Waals surface area contributed by atoms with Crippen molar-refractivity contribution >= 4 is 49.3 Å². The molecule has 6 nitrogen and oxygen atoms in total. The van der Waals surface area contributed by atoms with E-state index in [0.717, 1.165) is 56.7 Å². The van der Waals surface area contributed by atoms with Crippen molar-refractivity contribution in [2.24, 2.45) is 10.2 Å². The Hall–Kier alpha value is -3.84. The molecule has 0 atom stereocenters. The molecule has 0 fully saturated rings. The van der Waals surface area contributed by atoms with Gasteiger partial charge >= 0.3 is 0 Å². The Labute approximate surface area is 230 Å². The van der Waals surface area contributed by atoms with Crippen molar-refractivity contribution in [3.05, 3.63) is 87.9 Å². The lowest BCUT2D eigenvalue weighted by molar-refractivity contribution is 0.0996. The fraction of sp³-hybridized carbons (Fsp3) is 0.226. The first-order valence-corrected chi connectivity index (χ1v) is 13.6. The molecule has 2 heterocycles. The number of pyridine rings is 1. The van der Waals surface area contributed by atoms with Gasteiger partial charge in [-0.2, -0.15) is 0 Å². The van der Waals surface area contributed by atoms with Gasteiger partial charge in [0.05, 0.1) is 22.3 Å². The highest BCUT2D eigenvalue weighted by atomic mass is 79.9. The highest BCUT2D eigenvalue weighted by Gasteiger charge is 2.19. The van der Waals surface area contributed by atoms with Gasteiger partial charge in [-0.25, -0.2) is 4.98 Å². The van der Waals surface area contributed by atoms with Crippen LogP contribution in [0.2, 0.25) is 0 Å². The van der Waals surface area contributed by atoms with Crippen molar-refractivity contribution in [3.8, 4) is 17.1 Å². The van der Waals surface area contributed by atoms with E-state index in [9.17, 15) is 9.90 Å². The van der Waals surface area contributed by atoms with Gasteiger partial charge in [0.25, 0.3) is 5.91 Å². The second kappa shape index (κ2) is 10.9. The van der Waals surface area contributed by atoms with Crippen LogP contribution in [0, 0.1) is 13.8 Å². The van der Waals surface area contributed by atoms with Gasteiger partial charge in [0.1, 0.15) is 0 Å². The number of carbonyl (C=O) groups is 1. The molecule has 38 heavy (non-hydrogen) atoms. The SMILES string of the molecule is CCCCCn1c(O)c(N=NC(=O)c2cc(-c3ccc(Br)cc3)nc3ccc(C)cc23)c2cc(C)ccc21. The van der Waals surface area contributed by atoms with Crippen molar-refractivity contribution < 1.29 is 9.90 Å². The number of hydrogen-bond acceptors (Lipinski definition) is 4. The minimum atomic E-state index is -0.486. The lowest BCUT2D eigenvalue weighted by atomic mass is 10.0. The van der Waals surface area contributed by atoms with E-state index in [-0.39, 0.29) is 5.88 Å². The Morgan fingerprint density at radius 1 is 0.947 bits per heavy atom. The van der Waals surface area contributed by atoms with Crippen molar-refractivity contribution in [2.45, 2.75) is 46.6 Å². The number of unbranched alkanes of at least 4 members (excludes halogenated alkanes) is 2. The highest BCUT2D eigenvalue weighted by molar-refractivity contribution is 9.10. The zero-order valence-corrected chi connectivity index (χ0v) is 23.3. The molecule has 0 unspecified atom stereocenters. The Kier molecular flexibility index (Phi) is 7.38. The van der Waals surface area contributed by atoms with Crippen molar-refractivity contribution in [1.82, 2.24) is 9.55 Å². The topological polar surface area (TPSA) is 79.8 Å². The number of amides is 1. The lowest BCUT2D eigenvalue weighted by Crippen LogP contribution is -1.99. The van der Waals surface area contributed by atoms with Gasteiger partial charge in [0.2, 0.25) is 5.88 Å². The van der Waals surface area contributed by atoms with E-state index in [4.69, 9.17) is 4.98 Å². The maximum Gasteiger partial charge on any atom is 0.296 e. The molecule has 2 aromatic heterocycles. The average molecular weight is 570 g/mol. The van der Waals surface area contributed by atoms with Gasteiger partial charge < -0.3 is 9.67 Å². The summed E-state index contributed by atoms with van der Waals surface area (Å²) in [4.78, 5) is 18.3. The zero-order chi connectivity index (χ0) is 26.8. The number of aromatic nitrogens is 2. The number of benzene rings is 3. The molecule has 0 aliphatic carbocycles. The molecular formula is C31H29BrN4O2. The summed E-state index contributed by atoms with van der Waals surface area (Å²) in [5.74, 6) is -0.454. The van der Waals surface area contributed by atoms with Crippen molar-refractivity contribution in [3.63, 3.8) is 0 Å². The van der Waals surface area contributed by atoms with Gasteiger partial charge in [-0.1, -0.05) is 71.1 Å². The van der Waals surface area contributed by atoms with Crippen molar-refractivity contribution in [1.29, 1.82) is 0 Å². The van der Waals surface area contributed by atoms with E-state index in [0.29, 0.717) is 29.0 Å². The molecule has 0 aliphatic rings. The molecule has 0 saturated heterocycles. The Bertz CT molecular complexity index is 1690. The molecule has 0 radical (unpaired) electrons. The summed E-state index contributed by atoms with van der Waals surface area (Å²) < 4.78 is 2.83. The minimum absolute atomic E-state index is 0.0317. The third kappa shape index (κ3) is 5.11. The third-order valence-corrected chi connectivity index (χ3v) is 7.25. The number of halogens is 1. The quantitative estimate of drug-likeness (QED) is 0.157. The molecule has 0 spiro atoms. The van der Waals surface area contributed by atoms with Gasteiger partial charge in [-0.05, 0) is 62.7 Å². The predicted octanol–water partition coefficient (Wildman–Crippen LogP) is 9.06. The van der Waals surface area contributed by atoms with E-state index in [1.165, 1.54) is 0 Å². The third-order valence-electron chi connectivity index (χ3n) is 6.73. The van der Waals surface area contributed by atoms with Crippen molar-refractivity contribution in [2.75, 3.05) is 0 Å². The molecule has 5 rings (SSSR count). The van der Waals surface area contributed by atoms with Gasteiger partial charge in [-0.3, -0.25) is 4.79 Å². The highest BCUT2D eigenvalue weighted by Crippen LogP contribution is 2.40. The van der Waals surface area contributed by atoms with Gasteiger partial charge in [0, 0.05) is 27.4 Å². The summed E-state index contributed by atoms with van der Waals surface area (Å²) in [6, 6.07) is 21.4. The molecule has 0 bridgehead atoms. The van der Waals surface area contributed by atoms with E-state index in [2.05, 4.69) is 33.1 Å². The largest absolute Gasteiger partial charge is 0.493 e. The van der Waals surface area contributed by atoms with Crippen LogP contribution in [0.5, 0.6) is 5.88 Å². The Morgan fingerprint density at radius 2 is 1.66 bits per heavy atom. The molecule has 1 amide bonds. The maximum absolute atomic E-state index is 13.5. The molecule has 5 aromatic rings. The number of fused-ring (bicyclic) bond motifs is 2. The first-order chi connectivity index (χ1) is 18.4. The molecule has 1 N–H and O–H groups in total. The summed E-state index contributed by atoms with van der Waals surface area (Å²) in [7, 11) is 0. The van der Waals surface area contributed by atoms with E-state index < -0.39 is 5.91 Å². The summed E-state index contributed by atoms with van der Waals surface area (Å²) in [6.45, 7) is 6.79. The number of aromatic hydroxyl groups is 1. The monoisotopic (exact) mass is 568 g/mol. The number of aryl methyl sites for hydroxylation is 3. The van der Waals surface area contributed by atoms with Crippen LogP contribution in [0.15, 0.2) is 81.4 Å².